The van der Waals surface area contributed by atoms with Crippen LogP contribution in [0, 0.1) is 5.82 Å². The molecule has 0 aromatic heterocycles. The molecule has 20 heavy (non-hydrogen) atoms. The van der Waals surface area contributed by atoms with E-state index < -0.39 is 20.7 Å². The van der Waals surface area contributed by atoms with Crippen molar-refractivity contribution >= 4 is 15.7 Å². The van der Waals surface area contributed by atoms with Crippen molar-refractivity contribution in [2.45, 2.75) is 30.7 Å². The summed E-state index contributed by atoms with van der Waals surface area (Å²) in [6.45, 7) is 3.80. The molecule has 0 unspecified atom stereocenters. The molecule has 0 aliphatic heterocycles. The third-order valence-electron chi connectivity index (χ3n) is 3.43. The van der Waals surface area contributed by atoms with Gasteiger partial charge < -0.3 is 5.73 Å². The van der Waals surface area contributed by atoms with Gasteiger partial charge in [-0.25, -0.2) is 17.5 Å². The zero-order chi connectivity index (χ0) is 14.8. The van der Waals surface area contributed by atoms with E-state index in [4.69, 9.17) is 5.73 Å². The van der Waals surface area contributed by atoms with Gasteiger partial charge in [0.05, 0.1) is 5.69 Å². The normalized spacial score (nSPS) is 15.8. The highest BCUT2D eigenvalue weighted by molar-refractivity contribution is 7.89. The van der Waals surface area contributed by atoms with Crippen LogP contribution in [0.5, 0.6) is 0 Å². The van der Waals surface area contributed by atoms with Crippen LogP contribution < -0.4 is 10.5 Å². The van der Waals surface area contributed by atoms with Gasteiger partial charge in [0.2, 0.25) is 10.0 Å². The summed E-state index contributed by atoms with van der Waals surface area (Å²) in [5, 5.41) is 0. The molecule has 0 heterocycles. The lowest BCUT2D eigenvalue weighted by atomic mass is 10.3. The molecule has 3 N–H and O–H groups in total. The van der Waals surface area contributed by atoms with Gasteiger partial charge in [-0.05, 0) is 31.5 Å². The number of hydrogen-bond donors (Lipinski definition) is 2. The minimum Gasteiger partial charge on any atom is -0.398 e. The summed E-state index contributed by atoms with van der Waals surface area (Å²) in [5.41, 5.74) is 5.48. The van der Waals surface area contributed by atoms with E-state index in [2.05, 4.69) is 9.62 Å². The van der Waals surface area contributed by atoms with Gasteiger partial charge in [-0.3, -0.25) is 4.90 Å². The van der Waals surface area contributed by atoms with E-state index in [1.807, 2.05) is 6.92 Å². The highest BCUT2D eigenvalue weighted by atomic mass is 32.2. The van der Waals surface area contributed by atoms with E-state index in [-0.39, 0.29) is 12.2 Å². The van der Waals surface area contributed by atoms with E-state index in [9.17, 15) is 12.8 Å². The molecule has 0 spiro atoms. The number of rotatable bonds is 7. The highest BCUT2D eigenvalue weighted by Crippen LogP contribution is 2.26. The lowest BCUT2D eigenvalue weighted by Gasteiger charge is -2.20. The molecule has 1 aliphatic rings. The van der Waals surface area contributed by atoms with Crippen LogP contribution in [0.3, 0.4) is 0 Å². The highest BCUT2D eigenvalue weighted by Gasteiger charge is 2.28. The molecule has 0 radical (unpaired) electrons. The van der Waals surface area contributed by atoms with E-state index in [1.165, 1.54) is 25.0 Å². The molecule has 2 rings (SSSR count). The molecule has 1 aromatic rings. The summed E-state index contributed by atoms with van der Waals surface area (Å²) in [6, 6.07) is 4.42. The number of likely N-dealkylation sites (N-methyl/N-ethyl adjacent to an activating group) is 1. The molecule has 1 fully saturated rings. The molecule has 1 aromatic carbocycles. The van der Waals surface area contributed by atoms with Gasteiger partial charge in [0.25, 0.3) is 0 Å². The molecule has 1 aliphatic carbocycles. The predicted octanol–water partition coefficient (Wildman–Crippen LogP) is 1.17. The van der Waals surface area contributed by atoms with Crippen LogP contribution in [0.15, 0.2) is 23.1 Å². The zero-order valence-corrected chi connectivity index (χ0v) is 12.3. The van der Waals surface area contributed by atoms with Crippen molar-refractivity contribution in [2.75, 3.05) is 25.4 Å². The van der Waals surface area contributed by atoms with Crippen molar-refractivity contribution < 1.29 is 12.8 Å². The Morgan fingerprint density at radius 3 is 2.70 bits per heavy atom. The zero-order valence-electron chi connectivity index (χ0n) is 11.5. The average molecular weight is 301 g/mol. The fourth-order valence-electron chi connectivity index (χ4n) is 2.24. The number of anilines is 1. The first-order valence-electron chi connectivity index (χ1n) is 6.73. The molecule has 112 valence electrons. The average Bonchev–Trinajstić information content (AvgIpc) is 3.18. The van der Waals surface area contributed by atoms with E-state index in [0.29, 0.717) is 12.6 Å². The number of nitrogens with two attached hydrogens (primary N) is 1. The van der Waals surface area contributed by atoms with Gasteiger partial charge in [0, 0.05) is 19.1 Å². The third kappa shape index (κ3) is 3.47. The summed E-state index contributed by atoms with van der Waals surface area (Å²) in [7, 11) is -3.91. The molecule has 5 nitrogen and oxygen atoms in total. The van der Waals surface area contributed by atoms with E-state index >= 15 is 0 Å². The van der Waals surface area contributed by atoms with Crippen molar-refractivity contribution in [1.82, 2.24) is 9.62 Å². The van der Waals surface area contributed by atoms with Crippen molar-refractivity contribution in [3.8, 4) is 0 Å². The first-order valence-corrected chi connectivity index (χ1v) is 8.21. The monoisotopic (exact) mass is 301 g/mol. The quantitative estimate of drug-likeness (QED) is 0.741. The number of sulfonamides is 1. The Morgan fingerprint density at radius 1 is 1.45 bits per heavy atom. The smallest absolute Gasteiger partial charge is 0.245 e. The van der Waals surface area contributed by atoms with E-state index in [0.717, 1.165) is 12.6 Å². The van der Waals surface area contributed by atoms with Crippen molar-refractivity contribution in [3.63, 3.8) is 0 Å². The van der Waals surface area contributed by atoms with Crippen LogP contribution in [0.2, 0.25) is 0 Å². The second-order valence-electron chi connectivity index (χ2n) is 4.92. The van der Waals surface area contributed by atoms with Crippen LogP contribution >= 0.6 is 0 Å². The molecule has 7 heteroatoms. The topological polar surface area (TPSA) is 75.4 Å². The number of nitrogens with one attached hydrogen (secondary N) is 1. The Bertz CT molecular complexity index is 553. The maximum absolute atomic E-state index is 13.6. The second kappa shape index (κ2) is 6.07. The second-order valence-corrected chi connectivity index (χ2v) is 6.62. The van der Waals surface area contributed by atoms with Gasteiger partial charge in [-0.1, -0.05) is 13.0 Å². The summed E-state index contributed by atoms with van der Waals surface area (Å²) >= 11 is 0. The SMILES string of the molecule is CCN(CCNS(=O)(=O)c1c(N)cccc1F)C1CC1. The largest absolute Gasteiger partial charge is 0.398 e. The Labute approximate surface area is 119 Å². The van der Waals surface area contributed by atoms with Crippen molar-refractivity contribution in [3.05, 3.63) is 24.0 Å². The summed E-state index contributed by atoms with van der Waals surface area (Å²) in [6.07, 6.45) is 2.34. The van der Waals surface area contributed by atoms with Gasteiger partial charge in [-0.2, -0.15) is 0 Å². The number of nitrogens with zero attached hydrogens (tertiary/aromatic N) is 1. The Balaban J connectivity index is 2.00. The predicted molar refractivity (Wildman–Crippen MR) is 76.3 cm³/mol. The van der Waals surface area contributed by atoms with Crippen LogP contribution in [-0.4, -0.2) is 39.0 Å². The minimum absolute atomic E-state index is 0.0768. The van der Waals surface area contributed by atoms with Gasteiger partial charge in [0.15, 0.2) is 0 Å². The molecular formula is C13H20FN3O2S. The van der Waals surface area contributed by atoms with Crippen molar-refractivity contribution in [2.24, 2.45) is 0 Å². The molecule has 0 bridgehead atoms. The number of halogens is 1. The van der Waals surface area contributed by atoms with Gasteiger partial charge in [0.1, 0.15) is 10.7 Å². The Hall–Kier alpha value is -1.18. The van der Waals surface area contributed by atoms with E-state index in [1.54, 1.807) is 0 Å². The summed E-state index contributed by atoms with van der Waals surface area (Å²) in [5.74, 6) is -0.827. The van der Waals surface area contributed by atoms with Crippen molar-refractivity contribution in [1.29, 1.82) is 0 Å². The number of nitrogen functional groups attached to an aromatic ring is 1. The summed E-state index contributed by atoms with van der Waals surface area (Å²) < 4.78 is 40.2. The molecule has 0 saturated heterocycles. The fourth-order valence-corrected chi connectivity index (χ4v) is 3.45. The van der Waals surface area contributed by atoms with Crippen LogP contribution in [0.25, 0.3) is 0 Å². The standard InChI is InChI=1S/C13H20FN3O2S/c1-2-17(10-6-7-10)9-8-16-20(18,19)13-11(14)4-3-5-12(13)15/h3-5,10,16H,2,6-9,15H2,1H3. The van der Waals surface area contributed by atoms with Gasteiger partial charge in [-0.15, -0.1) is 0 Å². The molecular weight excluding hydrogens is 281 g/mol. The molecule has 0 atom stereocenters. The van der Waals surface area contributed by atoms with Gasteiger partial charge >= 0.3 is 0 Å². The fraction of sp³-hybridized carbons (Fsp3) is 0.538. The molecule has 0 amide bonds. The van der Waals surface area contributed by atoms with Crippen LogP contribution in [0.4, 0.5) is 10.1 Å². The first kappa shape index (κ1) is 15.2. The third-order valence-corrected chi connectivity index (χ3v) is 4.98. The van der Waals surface area contributed by atoms with Crippen LogP contribution in [0.1, 0.15) is 19.8 Å². The maximum Gasteiger partial charge on any atom is 0.245 e. The number of hydrogen-bond acceptors (Lipinski definition) is 4. The minimum atomic E-state index is -3.91. The van der Waals surface area contributed by atoms with Crippen LogP contribution in [-0.2, 0) is 10.0 Å². The Kier molecular flexibility index (Phi) is 4.62. The maximum atomic E-state index is 13.6. The number of benzene rings is 1. The first-order chi connectivity index (χ1) is 9.45. The lowest BCUT2D eigenvalue weighted by molar-refractivity contribution is 0.282. The molecule has 1 saturated carbocycles. The lowest BCUT2D eigenvalue weighted by Crippen LogP contribution is -2.36. The summed E-state index contributed by atoms with van der Waals surface area (Å²) in [4.78, 5) is 1.75. The Morgan fingerprint density at radius 2 is 2.15 bits per heavy atom.